The largest absolute Gasteiger partial charge is 0.433 e. The van der Waals surface area contributed by atoms with Crippen LogP contribution >= 0.6 is 0 Å². The van der Waals surface area contributed by atoms with Crippen LogP contribution in [0.1, 0.15) is 5.69 Å². The van der Waals surface area contributed by atoms with Gasteiger partial charge in [0.15, 0.2) is 11.5 Å². The highest BCUT2D eigenvalue weighted by atomic mass is 19.4. The maximum atomic E-state index is 13.3. The summed E-state index contributed by atoms with van der Waals surface area (Å²) in [6.07, 6.45) is -1.56. The zero-order valence-electron chi connectivity index (χ0n) is 14.4. The van der Waals surface area contributed by atoms with Crippen LogP contribution in [0, 0.1) is 5.82 Å². The van der Waals surface area contributed by atoms with E-state index in [-0.39, 0.29) is 17.6 Å². The number of hydrogen-bond donors (Lipinski definition) is 2. The molecule has 11 heteroatoms. The Hall–Kier alpha value is -3.89. The zero-order valence-corrected chi connectivity index (χ0v) is 14.4. The fourth-order valence-corrected chi connectivity index (χ4v) is 2.47. The van der Waals surface area contributed by atoms with Gasteiger partial charge in [-0.05, 0) is 42.5 Å². The lowest BCUT2D eigenvalue weighted by Crippen LogP contribution is -2.11. The first-order chi connectivity index (χ1) is 13.9. The average molecular weight is 401 g/mol. The van der Waals surface area contributed by atoms with Gasteiger partial charge in [0.05, 0.1) is 5.69 Å². The molecule has 0 spiro atoms. The van der Waals surface area contributed by atoms with Crippen molar-refractivity contribution in [3.63, 3.8) is 0 Å². The molecule has 146 valence electrons. The van der Waals surface area contributed by atoms with E-state index >= 15 is 0 Å². The van der Waals surface area contributed by atoms with Crippen LogP contribution in [0.25, 0.3) is 22.6 Å². The highest BCUT2D eigenvalue weighted by Gasteiger charge is 2.34. The highest BCUT2D eigenvalue weighted by Crippen LogP contribution is 2.31. The number of aromatic nitrogens is 6. The lowest BCUT2D eigenvalue weighted by Gasteiger charge is -2.10. The van der Waals surface area contributed by atoms with Crippen molar-refractivity contribution >= 4 is 11.9 Å². The van der Waals surface area contributed by atoms with Crippen LogP contribution in [0.2, 0.25) is 0 Å². The molecule has 1 aromatic carbocycles. The summed E-state index contributed by atoms with van der Waals surface area (Å²) < 4.78 is 52.9. The Bertz CT molecular complexity index is 1130. The molecule has 0 saturated heterocycles. The van der Waals surface area contributed by atoms with Gasteiger partial charge in [0, 0.05) is 23.5 Å². The van der Waals surface area contributed by atoms with Gasteiger partial charge in [-0.15, -0.1) is 5.10 Å². The van der Waals surface area contributed by atoms with Crippen LogP contribution < -0.4 is 5.32 Å². The molecule has 4 aromatic rings. The Morgan fingerprint density at radius 1 is 0.897 bits per heavy atom. The number of rotatable bonds is 4. The fraction of sp³-hybridized carbons (Fsp3) is 0.0556. The molecule has 3 heterocycles. The van der Waals surface area contributed by atoms with E-state index in [0.29, 0.717) is 17.0 Å². The Labute approximate surface area is 160 Å². The van der Waals surface area contributed by atoms with Gasteiger partial charge >= 0.3 is 6.18 Å². The molecule has 0 bridgehead atoms. The standard InChI is InChI=1S/C18H11F4N7/c19-12-5-3-10(4-6-12)13-8-14(18(20,21)22)25-16(24-13)27-17-26-15(28-29-17)11-2-1-7-23-9-11/h1-9H,(H2,24,25,26,27,28,29). The third-order valence-corrected chi connectivity index (χ3v) is 3.80. The molecular formula is C18H11F4N7. The molecule has 7 nitrogen and oxygen atoms in total. The number of pyridine rings is 1. The minimum absolute atomic E-state index is 0.0202. The summed E-state index contributed by atoms with van der Waals surface area (Å²) in [5, 5.41) is 9.12. The van der Waals surface area contributed by atoms with Gasteiger partial charge < -0.3 is 0 Å². The van der Waals surface area contributed by atoms with Crippen LogP contribution in [-0.4, -0.2) is 30.1 Å². The normalized spacial score (nSPS) is 11.4. The van der Waals surface area contributed by atoms with E-state index in [1.807, 2.05) is 0 Å². The van der Waals surface area contributed by atoms with Crippen LogP contribution in [0.5, 0.6) is 0 Å². The first-order valence-corrected chi connectivity index (χ1v) is 8.20. The molecular weight excluding hydrogens is 390 g/mol. The molecule has 0 aliphatic carbocycles. The molecule has 2 N–H and O–H groups in total. The summed E-state index contributed by atoms with van der Waals surface area (Å²) in [5.41, 5.74) is -0.242. The Morgan fingerprint density at radius 2 is 1.69 bits per heavy atom. The van der Waals surface area contributed by atoms with E-state index in [1.54, 1.807) is 24.5 Å². The van der Waals surface area contributed by atoms with Crippen molar-refractivity contribution in [1.82, 2.24) is 30.1 Å². The van der Waals surface area contributed by atoms with E-state index in [1.165, 1.54) is 12.1 Å². The first-order valence-electron chi connectivity index (χ1n) is 8.20. The van der Waals surface area contributed by atoms with Gasteiger partial charge in [0.1, 0.15) is 5.82 Å². The summed E-state index contributed by atoms with van der Waals surface area (Å²) in [6.45, 7) is 0. The lowest BCUT2D eigenvalue weighted by atomic mass is 10.1. The summed E-state index contributed by atoms with van der Waals surface area (Å²) in [7, 11) is 0. The molecule has 0 unspecified atom stereocenters. The van der Waals surface area contributed by atoms with E-state index in [0.717, 1.165) is 18.2 Å². The van der Waals surface area contributed by atoms with Gasteiger partial charge in [-0.2, -0.15) is 18.2 Å². The third kappa shape index (κ3) is 4.18. The zero-order chi connectivity index (χ0) is 20.4. The van der Waals surface area contributed by atoms with E-state index in [4.69, 9.17) is 0 Å². The van der Waals surface area contributed by atoms with Crippen LogP contribution in [0.3, 0.4) is 0 Å². The number of halogens is 4. The molecule has 3 aromatic heterocycles. The van der Waals surface area contributed by atoms with Crippen LogP contribution in [0.15, 0.2) is 54.9 Å². The molecule has 0 saturated carbocycles. The van der Waals surface area contributed by atoms with E-state index in [9.17, 15) is 17.6 Å². The van der Waals surface area contributed by atoms with Crippen molar-refractivity contribution < 1.29 is 17.6 Å². The van der Waals surface area contributed by atoms with Crippen LogP contribution in [0.4, 0.5) is 29.5 Å². The Morgan fingerprint density at radius 3 is 2.38 bits per heavy atom. The minimum Gasteiger partial charge on any atom is -0.291 e. The maximum Gasteiger partial charge on any atom is 0.433 e. The van der Waals surface area contributed by atoms with E-state index in [2.05, 4.69) is 35.5 Å². The number of benzene rings is 1. The molecule has 0 aliphatic heterocycles. The number of nitrogens with zero attached hydrogens (tertiary/aromatic N) is 5. The molecule has 0 radical (unpaired) electrons. The number of hydrogen-bond acceptors (Lipinski definition) is 6. The van der Waals surface area contributed by atoms with Crippen molar-refractivity contribution in [1.29, 1.82) is 0 Å². The van der Waals surface area contributed by atoms with E-state index < -0.39 is 17.7 Å². The smallest absolute Gasteiger partial charge is 0.291 e. The minimum atomic E-state index is -4.70. The second-order valence-electron chi connectivity index (χ2n) is 5.84. The summed E-state index contributed by atoms with van der Waals surface area (Å²) in [5.74, 6) is -0.517. The van der Waals surface area contributed by atoms with Crippen molar-refractivity contribution in [2.24, 2.45) is 0 Å². The monoisotopic (exact) mass is 401 g/mol. The topological polar surface area (TPSA) is 92.3 Å². The molecule has 29 heavy (non-hydrogen) atoms. The Balaban J connectivity index is 1.69. The van der Waals surface area contributed by atoms with Gasteiger partial charge in [-0.3, -0.25) is 15.4 Å². The maximum absolute atomic E-state index is 13.3. The quantitative estimate of drug-likeness (QED) is 0.498. The van der Waals surface area contributed by atoms with Crippen molar-refractivity contribution in [2.45, 2.75) is 6.18 Å². The number of nitrogens with one attached hydrogen (secondary N) is 2. The lowest BCUT2D eigenvalue weighted by molar-refractivity contribution is -0.141. The number of H-pyrrole nitrogens is 1. The van der Waals surface area contributed by atoms with Gasteiger partial charge in [-0.1, -0.05) is 0 Å². The first kappa shape index (κ1) is 18.5. The van der Waals surface area contributed by atoms with Gasteiger partial charge in [0.2, 0.25) is 11.9 Å². The predicted molar refractivity (Wildman–Crippen MR) is 95.3 cm³/mol. The van der Waals surface area contributed by atoms with Crippen LogP contribution in [-0.2, 0) is 6.18 Å². The summed E-state index contributed by atoms with van der Waals surface area (Å²) in [6, 6.07) is 9.16. The predicted octanol–water partition coefficient (Wildman–Crippen LogP) is 4.23. The van der Waals surface area contributed by atoms with Crippen molar-refractivity contribution in [2.75, 3.05) is 5.32 Å². The highest BCUT2D eigenvalue weighted by molar-refractivity contribution is 5.62. The van der Waals surface area contributed by atoms with Gasteiger partial charge in [-0.25, -0.2) is 14.4 Å². The van der Waals surface area contributed by atoms with Gasteiger partial charge in [0.25, 0.3) is 0 Å². The SMILES string of the molecule is Fc1ccc(-c2cc(C(F)(F)F)nc(Nc3n[nH]c(-c4cccnc4)n3)n2)cc1. The number of aromatic amines is 1. The summed E-state index contributed by atoms with van der Waals surface area (Å²) in [4.78, 5) is 15.7. The molecule has 4 rings (SSSR count). The third-order valence-electron chi connectivity index (χ3n) is 3.80. The fourth-order valence-electron chi connectivity index (χ4n) is 2.47. The second-order valence-corrected chi connectivity index (χ2v) is 5.84. The average Bonchev–Trinajstić information content (AvgIpc) is 3.17. The summed E-state index contributed by atoms with van der Waals surface area (Å²) >= 11 is 0. The number of anilines is 2. The molecule has 0 fully saturated rings. The number of alkyl halides is 3. The Kier molecular flexibility index (Phi) is 4.63. The molecule has 0 atom stereocenters. The second kappa shape index (κ2) is 7.26. The molecule has 0 amide bonds. The van der Waals surface area contributed by atoms with Crippen molar-refractivity contribution in [3.8, 4) is 22.6 Å². The van der Waals surface area contributed by atoms with Crippen molar-refractivity contribution in [3.05, 3.63) is 66.4 Å². The molecule has 0 aliphatic rings.